The highest BCUT2D eigenvalue weighted by Gasteiger charge is 2.30. The predicted molar refractivity (Wildman–Crippen MR) is 121 cm³/mol. The van der Waals surface area contributed by atoms with E-state index in [9.17, 15) is 4.79 Å². The van der Waals surface area contributed by atoms with Gasteiger partial charge in [0, 0.05) is 40.3 Å². The normalized spacial score (nSPS) is 21.8. The van der Waals surface area contributed by atoms with Crippen LogP contribution in [-0.2, 0) is 4.79 Å². The molecule has 1 amide bonds. The van der Waals surface area contributed by atoms with E-state index < -0.39 is 0 Å². The van der Waals surface area contributed by atoms with Gasteiger partial charge in [0.2, 0.25) is 5.91 Å². The summed E-state index contributed by atoms with van der Waals surface area (Å²) in [5.41, 5.74) is 0. The molecule has 0 aromatic heterocycles. The third-order valence-corrected chi connectivity index (χ3v) is 5.95. The summed E-state index contributed by atoms with van der Waals surface area (Å²) >= 11 is 0. The molecule has 0 saturated carbocycles. The van der Waals surface area contributed by atoms with E-state index in [2.05, 4.69) is 27.4 Å². The van der Waals surface area contributed by atoms with Crippen LogP contribution in [0, 0.1) is 0 Å². The van der Waals surface area contributed by atoms with E-state index in [1.54, 1.807) is 4.90 Å². The average molecular weight is 409 g/mol. The number of hydrogen-bond donors (Lipinski definition) is 2. The fourth-order valence-corrected chi connectivity index (χ4v) is 4.35. The highest BCUT2D eigenvalue weighted by atomic mass is 16.2. The number of likely N-dealkylation sites (tertiary alicyclic amines) is 2. The summed E-state index contributed by atoms with van der Waals surface area (Å²) in [6.45, 7) is 10.4. The van der Waals surface area contributed by atoms with Crippen LogP contribution in [0.4, 0.5) is 0 Å². The molecule has 2 N–H and O–H groups in total. The predicted octanol–water partition coefficient (Wildman–Crippen LogP) is 1.75. The van der Waals surface area contributed by atoms with Crippen molar-refractivity contribution >= 4 is 11.9 Å². The molecule has 1 atom stereocenters. The van der Waals surface area contributed by atoms with Gasteiger partial charge in [0.1, 0.15) is 0 Å². The van der Waals surface area contributed by atoms with Gasteiger partial charge >= 0.3 is 0 Å². The molecule has 2 rings (SSSR count). The highest BCUT2D eigenvalue weighted by molar-refractivity contribution is 5.81. The lowest BCUT2D eigenvalue weighted by Crippen LogP contribution is -2.44. The largest absolute Gasteiger partial charge is 0.357 e. The van der Waals surface area contributed by atoms with E-state index in [1.807, 2.05) is 14.1 Å². The number of rotatable bonds is 10. The molecule has 2 aliphatic heterocycles. The molecule has 0 spiro atoms. The maximum atomic E-state index is 12.3. The molecule has 2 heterocycles. The molecule has 2 fully saturated rings. The topological polar surface area (TPSA) is 63.2 Å². The first kappa shape index (κ1) is 23.9. The Hall–Kier alpha value is -1.34. The first-order valence-corrected chi connectivity index (χ1v) is 11.8. The Morgan fingerprint density at radius 1 is 1.00 bits per heavy atom. The van der Waals surface area contributed by atoms with Crippen LogP contribution in [0.25, 0.3) is 0 Å². The second-order valence-corrected chi connectivity index (χ2v) is 8.58. The number of carbonyl (C=O) groups is 1. The van der Waals surface area contributed by atoms with Crippen molar-refractivity contribution in [1.82, 2.24) is 25.3 Å². The van der Waals surface area contributed by atoms with Gasteiger partial charge in [-0.25, -0.2) is 0 Å². The number of carbonyl (C=O) groups excluding carboxylic acids is 1. The molecular formula is C22H44N6O. The second-order valence-electron chi connectivity index (χ2n) is 8.58. The summed E-state index contributed by atoms with van der Waals surface area (Å²) in [4.78, 5) is 23.7. The van der Waals surface area contributed by atoms with Crippen LogP contribution in [0.1, 0.15) is 58.3 Å². The van der Waals surface area contributed by atoms with Crippen molar-refractivity contribution in [2.45, 2.75) is 64.3 Å². The number of nitrogens with one attached hydrogen (secondary N) is 2. The summed E-state index contributed by atoms with van der Waals surface area (Å²) < 4.78 is 0. The Kier molecular flexibility index (Phi) is 11.4. The van der Waals surface area contributed by atoms with Gasteiger partial charge in [-0.1, -0.05) is 12.8 Å². The zero-order valence-electron chi connectivity index (χ0n) is 19.1. The molecule has 7 nitrogen and oxygen atoms in total. The Balaban J connectivity index is 1.64. The maximum absolute atomic E-state index is 12.3. The first-order chi connectivity index (χ1) is 14.1. The molecule has 2 aliphatic rings. The van der Waals surface area contributed by atoms with Gasteiger partial charge in [0.15, 0.2) is 5.96 Å². The molecule has 168 valence electrons. The van der Waals surface area contributed by atoms with Gasteiger partial charge in [0.25, 0.3) is 0 Å². The van der Waals surface area contributed by atoms with Crippen molar-refractivity contribution in [2.75, 3.05) is 66.5 Å². The van der Waals surface area contributed by atoms with Gasteiger partial charge in [-0.05, 0) is 71.6 Å². The van der Waals surface area contributed by atoms with E-state index in [4.69, 9.17) is 4.99 Å². The maximum Gasteiger partial charge on any atom is 0.239 e. The molecule has 2 saturated heterocycles. The lowest BCUT2D eigenvalue weighted by molar-refractivity contribution is -0.133. The number of guanidine groups is 1. The van der Waals surface area contributed by atoms with Crippen LogP contribution in [-0.4, -0.2) is 99.1 Å². The minimum Gasteiger partial charge on any atom is -0.357 e. The lowest BCUT2D eigenvalue weighted by atomic mass is 10.2. The number of nitrogens with zero attached hydrogens (tertiary/aromatic N) is 4. The minimum atomic E-state index is 0.0749. The van der Waals surface area contributed by atoms with Gasteiger partial charge in [-0.3, -0.25) is 14.7 Å². The molecule has 7 heteroatoms. The molecule has 0 bridgehead atoms. The molecular weight excluding hydrogens is 364 g/mol. The van der Waals surface area contributed by atoms with E-state index in [0.717, 1.165) is 64.4 Å². The zero-order valence-corrected chi connectivity index (χ0v) is 19.1. The molecule has 0 aromatic carbocycles. The Labute approximate surface area is 178 Å². The van der Waals surface area contributed by atoms with Crippen LogP contribution in [0.3, 0.4) is 0 Å². The van der Waals surface area contributed by atoms with E-state index in [0.29, 0.717) is 0 Å². The second kappa shape index (κ2) is 13.8. The summed E-state index contributed by atoms with van der Waals surface area (Å²) in [7, 11) is 3.71. The Morgan fingerprint density at radius 2 is 1.76 bits per heavy atom. The van der Waals surface area contributed by atoms with Crippen LogP contribution >= 0.6 is 0 Å². The van der Waals surface area contributed by atoms with Crippen molar-refractivity contribution in [2.24, 2.45) is 4.99 Å². The molecule has 29 heavy (non-hydrogen) atoms. The summed E-state index contributed by atoms with van der Waals surface area (Å²) in [5, 5.41) is 6.82. The van der Waals surface area contributed by atoms with Crippen molar-refractivity contribution in [3.8, 4) is 0 Å². The molecule has 0 aliphatic carbocycles. The van der Waals surface area contributed by atoms with Crippen molar-refractivity contribution in [3.63, 3.8) is 0 Å². The Bertz CT molecular complexity index is 488. The quantitative estimate of drug-likeness (QED) is 0.328. The minimum absolute atomic E-state index is 0.0749. The highest BCUT2D eigenvalue weighted by Crippen LogP contribution is 2.18. The standard InChI is InChI=1S/C22H44N6O/c1-4-23-22(24-13-10-17-27-15-7-5-6-8-16-27)25-14-11-19-28-18-9-12-20(28)21(29)26(2)3/h20H,4-19H2,1-3H3,(H2,23,24,25). The van der Waals surface area contributed by atoms with Crippen LogP contribution < -0.4 is 10.6 Å². The van der Waals surface area contributed by atoms with Crippen LogP contribution in [0.2, 0.25) is 0 Å². The molecule has 0 aromatic rings. The third kappa shape index (κ3) is 8.91. The van der Waals surface area contributed by atoms with E-state index in [1.165, 1.54) is 45.3 Å². The Morgan fingerprint density at radius 3 is 2.45 bits per heavy atom. The van der Waals surface area contributed by atoms with Gasteiger partial charge in [-0.2, -0.15) is 0 Å². The number of aliphatic imine (C=N–C) groups is 1. The van der Waals surface area contributed by atoms with Crippen LogP contribution in [0.15, 0.2) is 4.99 Å². The number of amides is 1. The van der Waals surface area contributed by atoms with Gasteiger partial charge < -0.3 is 20.4 Å². The lowest BCUT2D eigenvalue weighted by Gasteiger charge is -2.26. The monoisotopic (exact) mass is 408 g/mol. The molecule has 0 radical (unpaired) electrons. The summed E-state index contributed by atoms with van der Waals surface area (Å²) in [5.74, 6) is 1.17. The summed E-state index contributed by atoms with van der Waals surface area (Å²) in [6, 6.07) is 0.0749. The fourth-order valence-electron chi connectivity index (χ4n) is 4.35. The van der Waals surface area contributed by atoms with Crippen molar-refractivity contribution in [3.05, 3.63) is 0 Å². The molecule has 1 unspecified atom stereocenters. The van der Waals surface area contributed by atoms with E-state index in [-0.39, 0.29) is 11.9 Å². The van der Waals surface area contributed by atoms with Crippen molar-refractivity contribution in [1.29, 1.82) is 0 Å². The fraction of sp³-hybridized carbons (Fsp3) is 0.909. The first-order valence-electron chi connectivity index (χ1n) is 11.8. The van der Waals surface area contributed by atoms with E-state index >= 15 is 0 Å². The number of hydrogen-bond acceptors (Lipinski definition) is 4. The van der Waals surface area contributed by atoms with Crippen LogP contribution in [0.5, 0.6) is 0 Å². The summed E-state index contributed by atoms with van der Waals surface area (Å²) in [6.07, 6.45) is 9.75. The van der Waals surface area contributed by atoms with Crippen molar-refractivity contribution < 1.29 is 4.79 Å². The SMILES string of the molecule is CCNC(=NCCCN1CCCCCC1)NCCCN1CCCC1C(=O)N(C)C. The zero-order chi connectivity index (χ0) is 20.9. The average Bonchev–Trinajstić information content (AvgIpc) is 3.02. The van der Waals surface area contributed by atoms with Gasteiger partial charge in [0.05, 0.1) is 6.04 Å². The third-order valence-electron chi connectivity index (χ3n) is 5.95. The van der Waals surface area contributed by atoms with Gasteiger partial charge in [-0.15, -0.1) is 0 Å². The number of likely N-dealkylation sites (N-methyl/N-ethyl adjacent to an activating group) is 1. The smallest absolute Gasteiger partial charge is 0.239 e.